The van der Waals surface area contributed by atoms with Crippen molar-refractivity contribution in [2.45, 2.75) is 70.8 Å². The summed E-state index contributed by atoms with van der Waals surface area (Å²) in [6, 6.07) is 0. The molecule has 0 aliphatic heterocycles. The molecule has 0 bridgehead atoms. The highest BCUT2D eigenvalue weighted by Gasteiger charge is 1.96. The molecule has 0 aliphatic rings. The third kappa shape index (κ3) is 16.6. The van der Waals surface area contributed by atoms with Crippen LogP contribution < -0.4 is 0 Å². The Kier molecular flexibility index (Phi) is 14.1. The van der Waals surface area contributed by atoms with Gasteiger partial charge in [-0.1, -0.05) is 56.2 Å². The van der Waals surface area contributed by atoms with Crippen LogP contribution in [0.25, 0.3) is 0 Å². The van der Waals surface area contributed by atoms with Gasteiger partial charge in [0.15, 0.2) is 0 Å². The zero-order chi connectivity index (χ0) is 15.8. The molecular formula is C18H30O3. The molecule has 0 heterocycles. The molecule has 0 aliphatic carbocycles. The first-order valence-electron chi connectivity index (χ1n) is 8.05. The molecule has 0 fully saturated rings. The van der Waals surface area contributed by atoms with Gasteiger partial charge in [-0.2, -0.15) is 0 Å². The van der Waals surface area contributed by atoms with E-state index in [0.29, 0.717) is 12.8 Å². The zero-order valence-electron chi connectivity index (χ0n) is 13.2. The molecule has 3 heteroatoms. The average molecular weight is 294 g/mol. The molecule has 3 nitrogen and oxygen atoms in total. The lowest BCUT2D eigenvalue weighted by atomic mass is 10.1. The topological polar surface area (TPSA) is 57.5 Å². The van der Waals surface area contributed by atoms with Gasteiger partial charge in [0.05, 0.1) is 6.10 Å². The van der Waals surface area contributed by atoms with Gasteiger partial charge in [-0.05, 0) is 38.5 Å². The smallest absolute Gasteiger partial charge is 0.303 e. The molecule has 0 saturated carbocycles. The van der Waals surface area contributed by atoms with Gasteiger partial charge in [-0.15, -0.1) is 0 Å². The van der Waals surface area contributed by atoms with Crippen molar-refractivity contribution in [3.8, 4) is 0 Å². The fourth-order valence-electron chi connectivity index (χ4n) is 1.85. The summed E-state index contributed by atoms with van der Waals surface area (Å²) >= 11 is 0. The zero-order valence-corrected chi connectivity index (χ0v) is 13.2. The predicted octanol–water partition coefficient (Wildman–Crippen LogP) is 4.63. The van der Waals surface area contributed by atoms with E-state index in [1.54, 1.807) is 0 Å². The van der Waals surface area contributed by atoms with Crippen molar-refractivity contribution < 1.29 is 15.0 Å². The minimum absolute atomic E-state index is 0.223. The summed E-state index contributed by atoms with van der Waals surface area (Å²) in [5, 5.41) is 18.2. The lowest BCUT2D eigenvalue weighted by Crippen LogP contribution is -2.00. The molecule has 1 atom stereocenters. The van der Waals surface area contributed by atoms with Gasteiger partial charge in [0.25, 0.3) is 0 Å². The third-order valence-electron chi connectivity index (χ3n) is 3.11. The summed E-state index contributed by atoms with van der Waals surface area (Å²) in [6.45, 7) is 2.20. The van der Waals surface area contributed by atoms with Crippen LogP contribution in [0.4, 0.5) is 0 Å². The highest BCUT2D eigenvalue weighted by molar-refractivity contribution is 5.66. The largest absolute Gasteiger partial charge is 0.481 e. The van der Waals surface area contributed by atoms with Gasteiger partial charge in [0.1, 0.15) is 0 Å². The molecule has 0 aromatic heterocycles. The lowest BCUT2D eigenvalue weighted by molar-refractivity contribution is -0.137. The standard InChI is InChI=1S/C18H30O3/c1-2-3-4-5-6-8-11-14-17(19)15-12-9-7-10-13-16-18(20)21/h6-9,11,14,17,19H,2-5,10,12-13,15-16H2,1H3,(H,20,21)/b8-6+,9-7+,14-11+. The van der Waals surface area contributed by atoms with Crippen LogP contribution in [-0.2, 0) is 4.79 Å². The summed E-state index contributed by atoms with van der Waals surface area (Å²) in [5.74, 6) is -0.744. The Morgan fingerprint density at radius 3 is 2.43 bits per heavy atom. The molecule has 0 spiro atoms. The summed E-state index contributed by atoms with van der Waals surface area (Å²) < 4.78 is 0. The normalized spacial score (nSPS) is 13.6. The molecule has 2 N–H and O–H groups in total. The van der Waals surface area contributed by atoms with E-state index >= 15 is 0 Å². The second kappa shape index (κ2) is 15.0. The predicted molar refractivity (Wildman–Crippen MR) is 88.3 cm³/mol. The Balaban J connectivity index is 3.54. The van der Waals surface area contributed by atoms with Crippen molar-refractivity contribution >= 4 is 5.97 Å². The number of hydrogen-bond acceptors (Lipinski definition) is 2. The number of carbonyl (C=O) groups is 1. The monoisotopic (exact) mass is 294 g/mol. The maximum absolute atomic E-state index is 10.3. The first-order chi connectivity index (χ1) is 10.2. The van der Waals surface area contributed by atoms with Crippen LogP contribution in [0, 0.1) is 0 Å². The first-order valence-corrected chi connectivity index (χ1v) is 8.05. The minimum atomic E-state index is -0.744. The third-order valence-corrected chi connectivity index (χ3v) is 3.11. The van der Waals surface area contributed by atoms with E-state index in [1.165, 1.54) is 19.3 Å². The van der Waals surface area contributed by atoms with E-state index in [4.69, 9.17) is 5.11 Å². The van der Waals surface area contributed by atoms with Gasteiger partial charge < -0.3 is 10.2 Å². The van der Waals surface area contributed by atoms with Gasteiger partial charge >= 0.3 is 5.97 Å². The van der Waals surface area contributed by atoms with Crippen LogP contribution in [0.3, 0.4) is 0 Å². The van der Waals surface area contributed by atoms with E-state index in [2.05, 4.69) is 13.0 Å². The Hall–Kier alpha value is -1.35. The minimum Gasteiger partial charge on any atom is -0.481 e. The summed E-state index contributed by atoms with van der Waals surface area (Å²) in [6.07, 6.45) is 19.5. The number of unbranched alkanes of at least 4 members (excludes halogenated alkanes) is 4. The first kappa shape index (κ1) is 19.7. The maximum atomic E-state index is 10.3. The lowest BCUT2D eigenvalue weighted by Gasteiger charge is -2.01. The Bertz CT molecular complexity index is 329. The quantitative estimate of drug-likeness (QED) is 0.296. The highest BCUT2D eigenvalue weighted by Crippen LogP contribution is 2.03. The summed E-state index contributed by atoms with van der Waals surface area (Å²) in [5.41, 5.74) is 0. The Morgan fingerprint density at radius 1 is 1.00 bits per heavy atom. The molecular weight excluding hydrogens is 264 g/mol. The highest BCUT2D eigenvalue weighted by atomic mass is 16.4. The summed E-state index contributed by atoms with van der Waals surface area (Å²) in [7, 11) is 0. The van der Waals surface area contributed by atoms with E-state index in [0.717, 1.165) is 19.3 Å². The van der Waals surface area contributed by atoms with Crippen molar-refractivity contribution in [1.82, 2.24) is 0 Å². The number of hydrogen-bond donors (Lipinski definition) is 2. The second-order valence-electron chi connectivity index (χ2n) is 5.21. The van der Waals surface area contributed by atoms with Gasteiger partial charge in [0, 0.05) is 6.42 Å². The fourth-order valence-corrected chi connectivity index (χ4v) is 1.85. The Morgan fingerprint density at radius 2 is 1.71 bits per heavy atom. The molecule has 0 radical (unpaired) electrons. The number of aliphatic hydroxyl groups excluding tert-OH is 1. The average Bonchev–Trinajstić information content (AvgIpc) is 2.45. The van der Waals surface area contributed by atoms with Gasteiger partial charge in [-0.25, -0.2) is 0 Å². The van der Waals surface area contributed by atoms with Crippen molar-refractivity contribution in [3.63, 3.8) is 0 Å². The number of carboxylic acids is 1. The number of rotatable bonds is 13. The molecule has 0 aromatic carbocycles. The van der Waals surface area contributed by atoms with E-state index in [1.807, 2.05) is 30.4 Å². The number of aliphatic carboxylic acids is 1. The Labute approximate surface area is 129 Å². The molecule has 21 heavy (non-hydrogen) atoms. The SMILES string of the molecule is CCCCC/C=C/C=C/C(O)CC/C=C/CCCC(=O)O. The van der Waals surface area contributed by atoms with Crippen molar-refractivity contribution in [2.24, 2.45) is 0 Å². The number of aliphatic hydroxyl groups is 1. The molecule has 0 aromatic rings. The fraction of sp³-hybridized carbons (Fsp3) is 0.611. The molecule has 0 rings (SSSR count). The van der Waals surface area contributed by atoms with Crippen molar-refractivity contribution in [2.75, 3.05) is 0 Å². The van der Waals surface area contributed by atoms with Gasteiger partial charge in [-0.3, -0.25) is 4.79 Å². The van der Waals surface area contributed by atoms with Crippen LogP contribution in [0.15, 0.2) is 36.5 Å². The van der Waals surface area contributed by atoms with Crippen LogP contribution in [0.2, 0.25) is 0 Å². The van der Waals surface area contributed by atoms with E-state index in [9.17, 15) is 9.90 Å². The molecule has 120 valence electrons. The summed E-state index contributed by atoms with van der Waals surface area (Å²) in [4.78, 5) is 10.3. The van der Waals surface area contributed by atoms with Crippen LogP contribution in [0.1, 0.15) is 64.7 Å². The molecule has 1 unspecified atom stereocenters. The maximum Gasteiger partial charge on any atom is 0.303 e. The van der Waals surface area contributed by atoms with Gasteiger partial charge in [0.2, 0.25) is 0 Å². The number of allylic oxidation sites excluding steroid dienone is 5. The van der Waals surface area contributed by atoms with E-state index < -0.39 is 12.1 Å². The van der Waals surface area contributed by atoms with Crippen molar-refractivity contribution in [3.05, 3.63) is 36.5 Å². The van der Waals surface area contributed by atoms with Crippen molar-refractivity contribution in [1.29, 1.82) is 0 Å². The molecule has 0 amide bonds. The second-order valence-corrected chi connectivity index (χ2v) is 5.21. The van der Waals surface area contributed by atoms with Crippen LogP contribution in [0.5, 0.6) is 0 Å². The number of carboxylic acid groups (broad SMARTS) is 1. The molecule has 0 saturated heterocycles. The van der Waals surface area contributed by atoms with E-state index in [-0.39, 0.29) is 6.42 Å². The van der Waals surface area contributed by atoms with Crippen LogP contribution in [-0.4, -0.2) is 22.3 Å². The van der Waals surface area contributed by atoms with Crippen LogP contribution >= 0.6 is 0 Å².